The summed E-state index contributed by atoms with van der Waals surface area (Å²) in [5.41, 5.74) is 7.58. The van der Waals surface area contributed by atoms with E-state index in [0.29, 0.717) is 23.9 Å². The minimum Gasteiger partial charge on any atom is -0.327 e. The number of benzene rings is 1. The van der Waals surface area contributed by atoms with Gasteiger partial charge in [0, 0.05) is 18.6 Å². The van der Waals surface area contributed by atoms with Gasteiger partial charge in [0.1, 0.15) is 0 Å². The van der Waals surface area contributed by atoms with Crippen molar-refractivity contribution in [2.24, 2.45) is 11.7 Å². The molecule has 0 amide bonds. The number of nitrogens with zero attached hydrogens (tertiary/aromatic N) is 1. The molecule has 2 nitrogen and oxygen atoms in total. The zero-order chi connectivity index (χ0) is 13.1. The standard InChI is InChI=1S/C16H26N2/c1-12(15-7-5-4-6-8-15)11-18-10-9-16(17)13(2)14(18)3/h4-8,12-14,16H,9-11,17H2,1-3H3. The predicted molar refractivity (Wildman–Crippen MR) is 77.6 cm³/mol. The normalized spacial score (nSPS) is 31.2. The van der Waals surface area contributed by atoms with Gasteiger partial charge >= 0.3 is 0 Å². The van der Waals surface area contributed by atoms with Crippen LogP contribution in [0.3, 0.4) is 0 Å². The van der Waals surface area contributed by atoms with E-state index in [1.54, 1.807) is 0 Å². The van der Waals surface area contributed by atoms with Crippen LogP contribution in [-0.4, -0.2) is 30.1 Å². The minimum atomic E-state index is 0.378. The second-order valence-electron chi connectivity index (χ2n) is 5.86. The van der Waals surface area contributed by atoms with Crippen molar-refractivity contribution in [1.29, 1.82) is 0 Å². The molecule has 1 saturated heterocycles. The third-order valence-corrected chi connectivity index (χ3v) is 4.64. The molecule has 1 aromatic rings. The highest BCUT2D eigenvalue weighted by atomic mass is 15.2. The Labute approximate surface area is 111 Å². The molecule has 1 heterocycles. The van der Waals surface area contributed by atoms with E-state index in [1.807, 2.05) is 0 Å². The number of likely N-dealkylation sites (tertiary alicyclic amines) is 1. The predicted octanol–water partition coefficient (Wildman–Crippen LogP) is 2.85. The van der Waals surface area contributed by atoms with Crippen LogP contribution in [0.2, 0.25) is 0 Å². The highest BCUT2D eigenvalue weighted by molar-refractivity contribution is 5.19. The van der Waals surface area contributed by atoms with Gasteiger partial charge in [0.05, 0.1) is 0 Å². The Bertz CT molecular complexity index is 363. The fourth-order valence-corrected chi connectivity index (χ4v) is 2.97. The molecule has 1 fully saturated rings. The number of hydrogen-bond donors (Lipinski definition) is 1. The first-order valence-corrected chi connectivity index (χ1v) is 7.14. The molecule has 18 heavy (non-hydrogen) atoms. The van der Waals surface area contributed by atoms with E-state index in [0.717, 1.165) is 19.5 Å². The Hall–Kier alpha value is -0.860. The van der Waals surface area contributed by atoms with Gasteiger partial charge in [-0.3, -0.25) is 4.90 Å². The molecule has 2 rings (SSSR count). The molecule has 1 aromatic carbocycles. The lowest BCUT2D eigenvalue weighted by atomic mass is 9.86. The maximum Gasteiger partial charge on any atom is 0.0108 e. The largest absolute Gasteiger partial charge is 0.327 e. The fraction of sp³-hybridized carbons (Fsp3) is 0.625. The molecule has 0 saturated carbocycles. The lowest BCUT2D eigenvalue weighted by Gasteiger charge is -2.42. The summed E-state index contributed by atoms with van der Waals surface area (Å²) < 4.78 is 0. The lowest BCUT2D eigenvalue weighted by molar-refractivity contribution is 0.0930. The van der Waals surface area contributed by atoms with Crippen LogP contribution in [-0.2, 0) is 0 Å². The minimum absolute atomic E-state index is 0.378. The second kappa shape index (κ2) is 5.85. The summed E-state index contributed by atoms with van der Waals surface area (Å²) in [7, 11) is 0. The average molecular weight is 246 g/mol. The van der Waals surface area contributed by atoms with Gasteiger partial charge in [-0.15, -0.1) is 0 Å². The van der Waals surface area contributed by atoms with Gasteiger partial charge in [-0.25, -0.2) is 0 Å². The smallest absolute Gasteiger partial charge is 0.0108 e. The number of nitrogens with two attached hydrogens (primary N) is 1. The molecular formula is C16H26N2. The van der Waals surface area contributed by atoms with Crippen LogP contribution >= 0.6 is 0 Å². The molecule has 1 aliphatic rings. The SMILES string of the molecule is CC(CN1CCC(N)C(C)C1C)c1ccccc1. The quantitative estimate of drug-likeness (QED) is 0.888. The van der Waals surface area contributed by atoms with Crippen LogP contribution in [0, 0.1) is 5.92 Å². The summed E-state index contributed by atoms with van der Waals surface area (Å²) >= 11 is 0. The molecule has 0 radical (unpaired) electrons. The van der Waals surface area contributed by atoms with E-state index in [9.17, 15) is 0 Å². The number of piperidine rings is 1. The topological polar surface area (TPSA) is 29.3 Å². The van der Waals surface area contributed by atoms with E-state index >= 15 is 0 Å². The van der Waals surface area contributed by atoms with E-state index in [-0.39, 0.29) is 0 Å². The van der Waals surface area contributed by atoms with E-state index in [2.05, 4.69) is 56.0 Å². The fourth-order valence-electron chi connectivity index (χ4n) is 2.97. The van der Waals surface area contributed by atoms with Crippen LogP contribution in [0.4, 0.5) is 0 Å². The van der Waals surface area contributed by atoms with E-state index in [4.69, 9.17) is 5.73 Å². The van der Waals surface area contributed by atoms with E-state index in [1.165, 1.54) is 5.56 Å². The van der Waals surface area contributed by atoms with Gasteiger partial charge < -0.3 is 5.73 Å². The maximum atomic E-state index is 6.15. The van der Waals surface area contributed by atoms with Gasteiger partial charge in [-0.2, -0.15) is 0 Å². The zero-order valence-corrected chi connectivity index (χ0v) is 11.8. The van der Waals surface area contributed by atoms with Crippen molar-refractivity contribution in [1.82, 2.24) is 4.90 Å². The van der Waals surface area contributed by atoms with Crippen molar-refractivity contribution in [3.63, 3.8) is 0 Å². The second-order valence-corrected chi connectivity index (χ2v) is 5.86. The third kappa shape index (κ3) is 2.93. The molecule has 2 N–H and O–H groups in total. The first-order chi connectivity index (χ1) is 8.59. The van der Waals surface area contributed by atoms with Crippen molar-refractivity contribution in [2.45, 2.75) is 45.2 Å². The zero-order valence-electron chi connectivity index (χ0n) is 11.8. The summed E-state index contributed by atoms with van der Waals surface area (Å²) in [4.78, 5) is 2.60. The molecule has 100 valence electrons. The number of hydrogen-bond acceptors (Lipinski definition) is 2. The lowest BCUT2D eigenvalue weighted by Crippen LogP contribution is -2.52. The Balaban J connectivity index is 1.97. The van der Waals surface area contributed by atoms with Crippen LogP contribution in [0.5, 0.6) is 0 Å². The molecule has 1 aliphatic heterocycles. The average Bonchev–Trinajstić information content (AvgIpc) is 2.40. The Morgan fingerprint density at radius 3 is 2.61 bits per heavy atom. The first kappa shape index (κ1) is 13.6. The highest BCUT2D eigenvalue weighted by Gasteiger charge is 2.30. The Morgan fingerprint density at radius 1 is 1.28 bits per heavy atom. The van der Waals surface area contributed by atoms with Gasteiger partial charge in [0.25, 0.3) is 0 Å². The highest BCUT2D eigenvalue weighted by Crippen LogP contribution is 2.25. The molecule has 0 bridgehead atoms. The van der Waals surface area contributed by atoms with Crippen molar-refractivity contribution in [3.05, 3.63) is 35.9 Å². The third-order valence-electron chi connectivity index (χ3n) is 4.64. The Kier molecular flexibility index (Phi) is 4.41. The van der Waals surface area contributed by atoms with Crippen LogP contribution in [0.25, 0.3) is 0 Å². The van der Waals surface area contributed by atoms with Gasteiger partial charge in [0.2, 0.25) is 0 Å². The van der Waals surface area contributed by atoms with Crippen LogP contribution in [0.15, 0.2) is 30.3 Å². The van der Waals surface area contributed by atoms with Crippen molar-refractivity contribution < 1.29 is 0 Å². The molecule has 0 aliphatic carbocycles. The summed E-state index contributed by atoms with van der Waals surface area (Å²) in [6, 6.07) is 11.8. The van der Waals surface area contributed by atoms with E-state index < -0.39 is 0 Å². The summed E-state index contributed by atoms with van der Waals surface area (Å²) in [6.45, 7) is 9.21. The van der Waals surface area contributed by atoms with Gasteiger partial charge in [0.15, 0.2) is 0 Å². The monoisotopic (exact) mass is 246 g/mol. The van der Waals surface area contributed by atoms with Gasteiger partial charge in [-0.05, 0) is 37.3 Å². The summed E-state index contributed by atoms with van der Waals surface area (Å²) in [6.07, 6.45) is 1.13. The molecular weight excluding hydrogens is 220 g/mol. The number of rotatable bonds is 3. The molecule has 0 aromatic heterocycles. The molecule has 2 heteroatoms. The summed E-state index contributed by atoms with van der Waals surface area (Å²) in [5, 5.41) is 0. The van der Waals surface area contributed by atoms with Crippen molar-refractivity contribution in [2.75, 3.05) is 13.1 Å². The van der Waals surface area contributed by atoms with Crippen LogP contribution in [0.1, 0.15) is 38.7 Å². The van der Waals surface area contributed by atoms with Crippen molar-refractivity contribution >= 4 is 0 Å². The van der Waals surface area contributed by atoms with Crippen molar-refractivity contribution in [3.8, 4) is 0 Å². The summed E-state index contributed by atoms with van der Waals surface area (Å²) in [5.74, 6) is 1.19. The maximum absolute atomic E-state index is 6.15. The molecule has 0 spiro atoms. The Morgan fingerprint density at radius 2 is 1.94 bits per heavy atom. The first-order valence-electron chi connectivity index (χ1n) is 7.14. The van der Waals surface area contributed by atoms with Gasteiger partial charge in [-0.1, -0.05) is 44.2 Å². The molecule has 4 unspecified atom stereocenters. The van der Waals surface area contributed by atoms with Crippen LogP contribution < -0.4 is 5.73 Å². The molecule has 4 atom stereocenters.